The first-order valence-electron chi connectivity index (χ1n) is 3.97. The van der Waals surface area contributed by atoms with Crippen LogP contribution in [0.4, 0.5) is 0 Å². The van der Waals surface area contributed by atoms with Crippen molar-refractivity contribution in [2.45, 2.75) is 26.2 Å². The van der Waals surface area contributed by atoms with Gasteiger partial charge in [-0.1, -0.05) is 43.7 Å². The summed E-state index contributed by atoms with van der Waals surface area (Å²) in [4.78, 5) is 0. The van der Waals surface area contributed by atoms with E-state index in [0.717, 1.165) is 0 Å². The van der Waals surface area contributed by atoms with Crippen LogP contribution in [0.2, 0.25) is 0 Å². The first kappa shape index (κ1) is 14.3. The van der Waals surface area contributed by atoms with Gasteiger partial charge >= 0.3 is 0 Å². The van der Waals surface area contributed by atoms with Crippen molar-refractivity contribution in [1.82, 2.24) is 0 Å². The predicted octanol–water partition coefficient (Wildman–Crippen LogP) is 3.87. The lowest BCUT2D eigenvalue weighted by Crippen LogP contribution is -1.81. The summed E-state index contributed by atoms with van der Waals surface area (Å²) in [6, 6.07) is 10.6. The lowest BCUT2D eigenvalue weighted by molar-refractivity contribution is 0.795. The number of aryl methyl sites for hydroxylation is 1. The minimum atomic E-state index is 0. The molecule has 1 aromatic carbocycles. The largest absolute Gasteiger partial charge is 0.147 e. The third kappa shape index (κ3) is 5.45. The second kappa shape index (κ2) is 8.89. The highest BCUT2D eigenvalue weighted by Crippen LogP contribution is 2.03. The second-order valence-electron chi connectivity index (χ2n) is 2.59. The Morgan fingerprint density at radius 3 is 2.08 bits per heavy atom. The SMILES string of the molecule is CCCCc1ccccc1.Cl.Cl. The average Bonchev–Trinajstić information content (AvgIpc) is 2.03. The maximum Gasteiger partial charge on any atom is -0.0279 e. The summed E-state index contributed by atoms with van der Waals surface area (Å²) in [5.41, 5.74) is 1.46. The predicted molar refractivity (Wildman–Crippen MR) is 59.6 cm³/mol. The van der Waals surface area contributed by atoms with E-state index >= 15 is 0 Å². The zero-order chi connectivity index (χ0) is 7.23. The normalized spacial score (nSPS) is 8.08. The van der Waals surface area contributed by atoms with Gasteiger partial charge in [0.1, 0.15) is 0 Å². The van der Waals surface area contributed by atoms with E-state index in [2.05, 4.69) is 37.3 Å². The third-order valence-electron chi connectivity index (χ3n) is 1.66. The van der Waals surface area contributed by atoms with E-state index in [9.17, 15) is 0 Å². The van der Waals surface area contributed by atoms with Crippen LogP contribution in [0, 0.1) is 0 Å². The van der Waals surface area contributed by atoms with Crippen molar-refractivity contribution in [3.8, 4) is 0 Å². The van der Waals surface area contributed by atoms with Crippen LogP contribution < -0.4 is 0 Å². The average molecular weight is 207 g/mol. The first-order valence-corrected chi connectivity index (χ1v) is 3.97. The first-order chi connectivity index (χ1) is 4.93. The Labute approximate surface area is 87.2 Å². The van der Waals surface area contributed by atoms with Crippen molar-refractivity contribution in [3.63, 3.8) is 0 Å². The number of benzene rings is 1. The van der Waals surface area contributed by atoms with Crippen LogP contribution >= 0.6 is 24.8 Å². The summed E-state index contributed by atoms with van der Waals surface area (Å²) in [7, 11) is 0. The van der Waals surface area contributed by atoms with Crippen molar-refractivity contribution in [3.05, 3.63) is 35.9 Å². The Morgan fingerprint density at radius 1 is 1.00 bits per heavy atom. The van der Waals surface area contributed by atoms with Gasteiger partial charge in [-0.25, -0.2) is 0 Å². The third-order valence-corrected chi connectivity index (χ3v) is 1.66. The standard InChI is InChI=1S/C10H14.2ClH/c1-2-3-7-10-8-5-4-6-9-10;;/h4-6,8-9H,2-3,7H2,1H3;2*1H. The molecule has 0 aliphatic rings. The summed E-state index contributed by atoms with van der Waals surface area (Å²) < 4.78 is 0. The molecule has 1 rings (SSSR count). The monoisotopic (exact) mass is 206 g/mol. The van der Waals surface area contributed by atoms with Gasteiger partial charge in [0.05, 0.1) is 0 Å². The fraction of sp³-hybridized carbons (Fsp3) is 0.400. The van der Waals surface area contributed by atoms with Gasteiger partial charge in [0.2, 0.25) is 0 Å². The summed E-state index contributed by atoms with van der Waals surface area (Å²) in [5, 5.41) is 0. The van der Waals surface area contributed by atoms with Crippen LogP contribution in [0.5, 0.6) is 0 Å². The van der Waals surface area contributed by atoms with Gasteiger partial charge in [0.15, 0.2) is 0 Å². The number of unbranched alkanes of at least 4 members (excludes halogenated alkanes) is 1. The molecule has 0 amide bonds. The molecular formula is C10H16Cl2. The van der Waals surface area contributed by atoms with Crippen LogP contribution in [-0.2, 0) is 6.42 Å². The van der Waals surface area contributed by atoms with Crippen molar-refractivity contribution < 1.29 is 0 Å². The molecule has 0 atom stereocenters. The molecule has 2 heteroatoms. The van der Waals surface area contributed by atoms with E-state index in [1.165, 1.54) is 24.8 Å². The molecule has 0 saturated carbocycles. The number of halogens is 2. The highest BCUT2D eigenvalue weighted by molar-refractivity contribution is 5.85. The van der Waals surface area contributed by atoms with E-state index < -0.39 is 0 Å². The molecule has 1 aromatic rings. The zero-order valence-corrected chi connectivity index (χ0v) is 8.96. The molecule has 0 saturated heterocycles. The molecular weight excluding hydrogens is 191 g/mol. The van der Waals surface area contributed by atoms with Crippen LogP contribution in [-0.4, -0.2) is 0 Å². The maximum atomic E-state index is 2.23. The lowest BCUT2D eigenvalue weighted by Gasteiger charge is -1.96. The van der Waals surface area contributed by atoms with E-state index in [4.69, 9.17) is 0 Å². The molecule has 0 heterocycles. The van der Waals surface area contributed by atoms with Crippen molar-refractivity contribution in [1.29, 1.82) is 0 Å². The number of rotatable bonds is 3. The molecule has 0 spiro atoms. The number of hydrogen-bond donors (Lipinski definition) is 0. The van der Waals surface area contributed by atoms with Crippen molar-refractivity contribution >= 4 is 24.8 Å². The Hall–Kier alpha value is -0.200. The van der Waals surface area contributed by atoms with E-state index in [-0.39, 0.29) is 24.8 Å². The lowest BCUT2D eigenvalue weighted by atomic mass is 10.1. The zero-order valence-electron chi connectivity index (χ0n) is 7.32. The highest BCUT2D eigenvalue weighted by Gasteiger charge is 1.87. The van der Waals surface area contributed by atoms with Gasteiger partial charge in [-0.05, 0) is 18.4 Å². The van der Waals surface area contributed by atoms with E-state index in [0.29, 0.717) is 0 Å². The quantitative estimate of drug-likeness (QED) is 0.705. The minimum Gasteiger partial charge on any atom is -0.147 e. The Morgan fingerprint density at radius 2 is 1.58 bits per heavy atom. The van der Waals surface area contributed by atoms with E-state index in [1.54, 1.807) is 0 Å². The second-order valence-corrected chi connectivity index (χ2v) is 2.59. The van der Waals surface area contributed by atoms with Crippen molar-refractivity contribution in [2.24, 2.45) is 0 Å². The van der Waals surface area contributed by atoms with Gasteiger partial charge in [0, 0.05) is 0 Å². The van der Waals surface area contributed by atoms with Gasteiger partial charge in [-0.3, -0.25) is 0 Å². The Balaban J connectivity index is 0. The molecule has 0 N–H and O–H groups in total. The minimum absolute atomic E-state index is 0. The fourth-order valence-electron chi connectivity index (χ4n) is 1.03. The maximum absolute atomic E-state index is 2.23. The summed E-state index contributed by atoms with van der Waals surface area (Å²) in [6.07, 6.45) is 3.83. The van der Waals surface area contributed by atoms with Gasteiger partial charge in [-0.15, -0.1) is 24.8 Å². The number of hydrogen-bond acceptors (Lipinski definition) is 0. The summed E-state index contributed by atoms with van der Waals surface area (Å²) >= 11 is 0. The van der Waals surface area contributed by atoms with Crippen LogP contribution in [0.25, 0.3) is 0 Å². The molecule has 0 nitrogen and oxygen atoms in total. The Bertz CT molecular complexity index is 172. The summed E-state index contributed by atoms with van der Waals surface area (Å²) in [5.74, 6) is 0. The van der Waals surface area contributed by atoms with Crippen LogP contribution in [0.1, 0.15) is 25.3 Å². The molecule has 0 bridgehead atoms. The fourth-order valence-corrected chi connectivity index (χ4v) is 1.03. The topological polar surface area (TPSA) is 0 Å². The molecule has 0 fully saturated rings. The molecule has 0 aliphatic carbocycles. The Kier molecular flexibility index (Phi) is 10.6. The van der Waals surface area contributed by atoms with E-state index in [1.807, 2.05) is 0 Å². The molecule has 70 valence electrons. The van der Waals surface area contributed by atoms with Gasteiger partial charge < -0.3 is 0 Å². The molecule has 0 aliphatic heterocycles. The molecule has 0 aromatic heterocycles. The van der Waals surface area contributed by atoms with Gasteiger partial charge in [-0.2, -0.15) is 0 Å². The smallest absolute Gasteiger partial charge is 0.0279 e. The molecule has 0 unspecified atom stereocenters. The molecule has 0 radical (unpaired) electrons. The van der Waals surface area contributed by atoms with Gasteiger partial charge in [0.25, 0.3) is 0 Å². The van der Waals surface area contributed by atoms with Crippen LogP contribution in [0.15, 0.2) is 30.3 Å². The highest BCUT2D eigenvalue weighted by atomic mass is 35.5. The van der Waals surface area contributed by atoms with Crippen molar-refractivity contribution in [2.75, 3.05) is 0 Å². The van der Waals surface area contributed by atoms with Crippen LogP contribution in [0.3, 0.4) is 0 Å². The summed E-state index contributed by atoms with van der Waals surface area (Å²) in [6.45, 7) is 2.23. The molecule has 12 heavy (non-hydrogen) atoms.